The zero-order valence-electron chi connectivity index (χ0n) is 24.5. The van der Waals surface area contributed by atoms with E-state index in [2.05, 4.69) is 115 Å². The molecular weight excluding hydrogens is 529 g/mol. The van der Waals surface area contributed by atoms with E-state index in [1.54, 1.807) is 31.1 Å². The summed E-state index contributed by atoms with van der Waals surface area (Å²) in [5, 5.41) is 19.1. The van der Waals surface area contributed by atoms with Gasteiger partial charge in [-0.2, -0.15) is 0 Å². The minimum Gasteiger partial charge on any atom is -0.0671 e. The third-order valence-electron chi connectivity index (χ3n) is 7.58. The molecule has 0 atom stereocenters. The minimum absolute atomic E-state index is 0.538. The third kappa shape index (κ3) is 4.89. The molecule has 0 unspecified atom stereocenters. The zero-order valence-corrected chi connectivity index (χ0v) is 30.5. The predicted octanol–water partition coefficient (Wildman–Crippen LogP) is 4.91. The molecule has 0 fully saturated rings. The summed E-state index contributed by atoms with van der Waals surface area (Å²) in [6.45, 7) is 29.8. The van der Waals surface area contributed by atoms with E-state index >= 15 is 0 Å². The van der Waals surface area contributed by atoms with Crippen LogP contribution in [0.4, 0.5) is 0 Å². The standard InChI is InChI=1S/C30H42Si6/c1-31(2)25-13-19-20(14-26(25)32(3)4)22-16-28(34(7)8)30(36(11)12)18-24(22)23-17-29(35(9)10)27(33(5)6)15-21(19)23/h13-18H,1-12H3. The summed E-state index contributed by atoms with van der Waals surface area (Å²) in [5.74, 6) is 0. The van der Waals surface area contributed by atoms with E-state index in [1.165, 1.54) is 32.3 Å². The van der Waals surface area contributed by atoms with Crippen molar-refractivity contribution in [3.63, 3.8) is 0 Å². The molecule has 0 N–H and O–H groups in total. The van der Waals surface area contributed by atoms with Crippen LogP contribution >= 0.6 is 0 Å². The van der Waals surface area contributed by atoms with Crippen LogP contribution in [0.3, 0.4) is 0 Å². The molecule has 0 spiro atoms. The molecule has 0 saturated carbocycles. The summed E-state index contributed by atoms with van der Waals surface area (Å²) in [6.07, 6.45) is 0. The maximum Gasteiger partial charge on any atom is 0.0790 e. The summed E-state index contributed by atoms with van der Waals surface area (Å²) >= 11 is 0. The van der Waals surface area contributed by atoms with Crippen molar-refractivity contribution in [3.8, 4) is 0 Å². The van der Waals surface area contributed by atoms with Crippen LogP contribution < -0.4 is 31.1 Å². The van der Waals surface area contributed by atoms with Crippen molar-refractivity contribution >= 4 is 116 Å². The minimum atomic E-state index is -0.538. The van der Waals surface area contributed by atoms with Gasteiger partial charge in [0, 0.05) is 0 Å². The van der Waals surface area contributed by atoms with Crippen LogP contribution in [0.15, 0.2) is 36.4 Å². The van der Waals surface area contributed by atoms with Gasteiger partial charge in [-0.15, -0.1) is 0 Å². The Balaban J connectivity index is 2.35. The summed E-state index contributed by atoms with van der Waals surface area (Å²) in [7, 11) is -3.23. The fraction of sp³-hybridized carbons (Fsp3) is 0.400. The molecule has 0 saturated heterocycles. The van der Waals surface area contributed by atoms with Crippen LogP contribution in [-0.4, -0.2) is 52.8 Å². The van der Waals surface area contributed by atoms with Gasteiger partial charge in [0.1, 0.15) is 0 Å². The van der Waals surface area contributed by atoms with E-state index < -0.39 is 52.8 Å². The molecule has 0 aliphatic heterocycles. The second-order valence-electron chi connectivity index (χ2n) is 11.8. The molecule has 0 aliphatic carbocycles. The fourth-order valence-corrected chi connectivity index (χ4v) is 16.4. The lowest BCUT2D eigenvalue weighted by molar-refractivity contribution is 1.81. The third-order valence-corrected chi connectivity index (χ3v) is 17.3. The monoisotopic (exact) mass is 570 g/mol. The van der Waals surface area contributed by atoms with Gasteiger partial charge in [0.15, 0.2) is 0 Å². The van der Waals surface area contributed by atoms with E-state index in [0.29, 0.717) is 0 Å². The fourth-order valence-electron chi connectivity index (χ4n) is 5.62. The molecule has 4 rings (SSSR count). The van der Waals surface area contributed by atoms with Crippen LogP contribution in [0.25, 0.3) is 32.3 Å². The molecule has 0 amide bonds. The van der Waals surface area contributed by atoms with Crippen LogP contribution in [0.2, 0.25) is 78.6 Å². The number of benzene rings is 4. The van der Waals surface area contributed by atoms with Crippen molar-refractivity contribution in [2.24, 2.45) is 0 Å². The first-order valence-electron chi connectivity index (χ1n) is 13.2. The summed E-state index contributed by atoms with van der Waals surface area (Å²) in [5.41, 5.74) is 0. The molecule has 6 heteroatoms. The average Bonchev–Trinajstić information content (AvgIpc) is 2.81. The smallest absolute Gasteiger partial charge is 0.0671 e. The van der Waals surface area contributed by atoms with Gasteiger partial charge < -0.3 is 0 Å². The Labute approximate surface area is 230 Å². The Kier molecular flexibility index (Phi) is 8.25. The van der Waals surface area contributed by atoms with Crippen molar-refractivity contribution in [2.45, 2.75) is 78.6 Å². The Hall–Kier alpha value is -1.04. The SMILES string of the molecule is C[Si](C)c1cc2c3cc([Si](C)C)c([Si](C)C)cc3c3cc([Si](C)C)c([Si](C)C)cc3c2cc1[Si](C)C. The second-order valence-corrected chi connectivity index (χ2v) is 27.1. The Bertz CT molecular complexity index is 1130. The van der Waals surface area contributed by atoms with Crippen molar-refractivity contribution in [1.82, 2.24) is 0 Å². The highest BCUT2D eigenvalue weighted by Gasteiger charge is 2.22. The lowest BCUT2D eigenvalue weighted by Gasteiger charge is -2.23. The highest BCUT2D eigenvalue weighted by molar-refractivity contribution is 6.84. The summed E-state index contributed by atoms with van der Waals surface area (Å²) in [4.78, 5) is 0. The van der Waals surface area contributed by atoms with E-state index in [9.17, 15) is 0 Å². The first-order chi connectivity index (χ1) is 16.8. The predicted molar refractivity (Wildman–Crippen MR) is 182 cm³/mol. The van der Waals surface area contributed by atoms with Crippen LogP contribution in [0, 0.1) is 0 Å². The first-order valence-corrected chi connectivity index (χ1v) is 28.2. The zero-order chi connectivity index (χ0) is 26.6. The van der Waals surface area contributed by atoms with Gasteiger partial charge in [0.2, 0.25) is 0 Å². The first kappa shape index (κ1) is 28.0. The molecule has 0 aromatic heterocycles. The van der Waals surface area contributed by atoms with Gasteiger partial charge in [-0.3, -0.25) is 0 Å². The van der Waals surface area contributed by atoms with Gasteiger partial charge >= 0.3 is 0 Å². The second kappa shape index (κ2) is 10.6. The van der Waals surface area contributed by atoms with E-state index in [0.717, 1.165) is 0 Å². The average molecular weight is 571 g/mol. The van der Waals surface area contributed by atoms with Gasteiger partial charge in [0.25, 0.3) is 0 Å². The van der Waals surface area contributed by atoms with E-state index in [1.807, 2.05) is 0 Å². The molecule has 0 aliphatic rings. The highest BCUT2D eigenvalue weighted by Crippen LogP contribution is 2.33. The molecule has 186 valence electrons. The Morgan fingerprint density at radius 1 is 0.250 bits per heavy atom. The van der Waals surface area contributed by atoms with Gasteiger partial charge in [-0.05, 0) is 32.3 Å². The number of fused-ring (bicyclic) bond motifs is 6. The lowest BCUT2D eigenvalue weighted by atomic mass is 9.94. The quantitative estimate of drug-likeness (QED) is 0.228. The van der Waals surface area contributed by atoms with Crippen molar-refractivity contribution in [2.75, 3.05) is 0 Å². The Morgan fingerprint density at radius 2 is 0.361 bits per heavy atom. The van der Waals surface area contributed by atoms with E-state index in [-0.39, 0.29) is 0 Å². The topological polar surface area (TPSA) is 0 Å². The molecule has 36 heavy (non-hydrogen) atoms. The van der Waals surface area contributed by atoms with E-state index in [4.69, 9.17) is 0 Å². The number of hydrogen-bond donors (Lipinski definition) is 0. The molecule has 6 radical (unpaired) electrons. The number of rotatable bonds is 6. The maximum absolute atomic E-state index is 2.65. The van der Waals surface area contributed by atoms with Crippen LogP contribution in [0.5, 0.6) is 0 Å². The highest BCUT2D eigenvalue weighted by atomic mass is 28.3. The van der Waals surface area contributed by atoms with Gasteiger partial charge in [-0.25, -0.2) is 0 Å². The van der Waals surface area contributed by atoms with Crippen LogP contribution in [-0.2, 0) is 0 Å². The van der Waals surface area contributed by atoms with Gasteiger partial charge in [-0.1, -0.05) is 146 Å². The molecule has 4 aromatic rings. The molecule has 0 nitrogen and oxygen atoms in total. The molecule has 0 bridgehead atoms. The number of hydrogen-bond acceptors (Lipinski definition) is 0. The van der Waals surface area contributed by atoms with Gasteiger partial charge in [0.05, 0.1) is 52.8 Å². The molecule has 4 aromatic carbocycles. The maximum atomic E-state index is 2.65. The largest absolute Gasteiger partial charge is 0.0790 e. The van der Waals surface area contributed by atoms with Crippen molar-refractivity contribution < 1.29 is 0 Å². The van der Waals surface area contributed by atoms with Crippen molar-refractivity contribution in [1.29, 1.82) is 0 Å². The summed E-state index contributed by atoms with van der Waals surface area (Å²) < 4.78 is 0. The molecular formula is C30H42Si6. The van der Waals surface area contributed by atoms with Crippen LogP contribution in [0.1, 0.15) is 0 Å². The summed E-state index contributed by atoms with van der Waals surface area (Å²) in [6, 6.07) is 15.9. The lowest BCUT2D eigenvalue weighted by Crippen LogP contribution is -2.45. The molecule has 0 heterocycles. The van der Waals surface area contributed by atoms with Crippen molar-refractivity contribution in [3.05, 3.63) is 36.4 Å². The Morgan fingerprint density at radius 3 is 0.444 bits per heavy atom. The normalized spacial score (nSPS) is 12.8.